The van der Waals surface area contributed by atoms with Crippen LogP contribution in [0.4, 0.5) is 9.59 Å². The second-order valence-electron chi connectivity index (χ2n) is 6.53. The number of carboxylic acids is 1. The first-order valence-corrected chi connectivity index (χ1v) is 8.79. The number of carbonyl (C=O) groups is 4. The average molecular weight is 375 g/mol. The Bertz CT molecular complexity index is 738. The largest absolute Gasteiger partial charge is 0.480 e. The molecule has 1 unspecified atom stereocenters. The number of rotatable bonds is 4. The van der Waals surface area contributed by atoms with Gasteiger partial charge in [0.1, 0.15) is 18.7 Å². The molecule has 144 valence electrons. The third-order valence-corrected chi connectivity index (χ3v) is 4.70. The number of urea groups is 1. The number of ether oxygens (including phenoxy) is 1. The first kappa shape index (κ1) is 18.7. The summed E-state index contributed by atoms with van der Waals surface area (Å²) in [5.74, 6) is -1.64. The molecule has 2 aliphatic rings. The van der Waals surface area contributed by atoms with E-state index in [0.29, 0.717) is 19.4 Å². The zero-order valence-corrected chi connectivity index (χ0v) is 14.7. The third-order valence-electron chi connectivity index (χ3n) is 4.70. The van der Waals surface area contributed by atoms with Crippen molar-refractivity contribution in [3.63, 3.8) is 0 Å². The highest BCUT2D eigenvalue weighted by Gasteiger charge is 2.46. The van der Waals surface area contributed by atoms with Gasteiger partial charge in [0, 0.05) is 6.54 Å². The van der Waals surface area contributed by atoms with E-state index < -0.39 is 36.1 Å². The molecule has 9 heteroatoms. The summed E-state index contributed by atoms with van der Waals surface area (Å²) in [6.45, 7) is 0.377. The van der Waals surface area contributed by atoms with Crippen LogP contribution in [0.2, 0.25) is 0 Å². The van der Waals surface area contributed by atoms with Crippen LogP contribution in [0, 0.1) is 0 Å². The molecule has 2 fully saturated rings. The second-order valence-corrected chi connectivity index (χ2v) is 6.53. The summed E-state index contributed by atoms with van der Waals surface area (Å²) >= 11 is 0. The molecule has 2 saturated heterocycles. The van der Waals surface area contributed by atoms with Crippen molar-refractivity contribution in [1.82, 2.24) is 15.1 Å². The number of carbonyl (C=O) groups excluding carboxylic acids is 3. The molecule has 0 spiro atoms. The Hall–Kier alpha value is -3.10. The monoisotopic (exact) mass is 375 g/mol. The highest BCUT2D eigenvalue weighted by Crippen LogP contribution is 2.22. The van der Waals surface area contributed by atoms with Gasteiger partial charge in [-0.1, -0.05) is 30.3 Å². The molecule has 1 aromatic carbocycles. The lowest BCUT2D eigenvalue weighted by atomic mass is 10.0. The summed E-state index contributed by atoms with van der Waals surface area (Å²) in [5.41, 5.74) is 0.814. The van der Waals surface area contributed by atoms with Crippen molar-refractivity contribution in [2.24, 2.45) is 0 Å². The molecule has 3 rings (SSSR count). The Morgan fingerprint density at radius 2 is 1.93 bits per heavy atom. The number of hydrogen-bond donors (Lipinski definition) is 2. The lowest BCUT2D eigenvalue weighted by Gasteiger charge is -2.42. The van der Waals surface area contributed by atoms with Gasteiger partial charge in [0.25, 0.3) is 5.91 Å². The van der Waals surface area contributed by atoms with Crippen LogP contribution in [0.3, 0.4) is 0 Å². The molecule has 0 aliphatic carbocycles. The molecule has 0 bridgehead atoms. The SMILES string of the molecule is O=C(N[C@H]1CN(C(=O)N2CCCCC2C(=O)O)C1=O)OCc1ccccc1. The van der Waals surface area contributed by atoms with Gasteiger partial charge < -0.3 is 20.1 Å². The number of aliphatic carboxylic acids is 1. The van der Waals surface area contributed by atoms with Gasteiger partial charge in [-0.05, 0) is 24.8 Å². The molecule has 0 aromatic heterocycles. The Kier molecular flexibility index (Phi) is 5.58. The van der Waals surface area contributed by atoms with E-state index in [1.165, 1.54) is 4.90 Å². The molecule has 0 radical (unpaired) electrons. The van der Waals surface area contributed by atoms with Gasteiger partial charge in [-0.15, -0.1) is 0 Å². The number of piperidine rings is 1. The number of likely N-dealkylation sites (tertiary alicyclic amines) is 2. The summed E-state index contributed by atoms with van der Waals surface area (Å²) in [7, 11) is 0. The zero-order valence-electron chi connectivity index (χ0n) is 14.7. The number of carboxylic acid groups (broad SMARTS) is 1. The fourth-order valence-corrected chi connectivity index (χ4v) is 3.19. The molecule has 2 N–H and O–H groups in total. The summed E-state index contributed by atoms with van der Waals surface area (Å²) in [6, 6.07) is 6.72. The molecule has 4 amide bonds. The maximum atomic E-state index is 12.5. The van der Waals surface area contributed by atoms with Gasteiger partial charge >= 0.3 is 18.1 Å². The molecule has 9 nitrogen and oxygen atoms in total. The normalized spacial score (nSPS) is 22.0. The van der Waals surface area contributed by atoms with E-state index >= 15 is 0 Å². The Labute approximate surface area is 155 Å². The molecular formula is C18H21N3O6. The van der Waals surface area contributed by atoms with Gasteiger partial charge in [0.2, 0.25) is 0 Å². The zero-order chi connectivity index (χ0) is 19.4. The van der Waals surface area contributed by atoms with E-state index in [4.69, 9.17) is 4.74 Å². The highest BCUT2D eigenvalue weighted by atomic mass is 16.5. The molecule has 27 heavy (non-hydrogen) atoms. The van der Waals surface area contributed by atoms with Crippen LogP contribution in [-0.2, 0) is 20.9 Å². The Morgan fingerprint density at radius 1 is 1.19 bits per heavy atom. The van der Waals surface area contributed by atoms with E-state index in [-0.39, 0.29) is 13.2 Å². The number of alkyl carbamates (subject to hydrolysis) is 1. The molecular weight excluding hydrogens is 354 g/mol. The van der Waals surface area contributed by atoms with Crippen molar-refractivity contribution in [2.45, 2.75) is 38.0 Å². The van der Waals surface area contributed by atoms with E-state index in [1.807, 2.05) is 18.2 Å². The summed E-state index contributed by atoms with van der Waals surface area (Å²) < 4.78 is 5.05. The van der Waals surface area contributed by atoms with Crippen molar-refractivity contribution in [3.8, 4) is 0 Å². The minimum absolute atomic E-state index is 0.000935. The van der Waals surface area contributed by atoms with Crippen molar-refractivity contribution < 1.29 is 29.0 Å². The van der Waals surface area contributed by atoms with Crippen molar-refractivity contribution in [2.75, 3.05) is 13.1 Å². The predicted molar refractivity (Wildman–Crippen MR) is 92.6 cm³/mol. The van der Waals surface area contributed by atoms with Crippen LogP contribution in [-0.4, -0.2) is 64.1 Å². The fourth-order valence-electron chi connectivity index (χ4n) is 3.19. The van der Waals surface area contributed by atoms with Crippen LogP contribution in [0.5, 0.6) is 0 Å². The number of nitrogens with zero attached hydrogens (tertiary/aromatic N) is 2. The van der Waals surface area contributed by atoms with E-state index in [1.54, 1.807) is 12.1 Å². The average Bonchev–Trinajstić information content (AvgIpc) is 2.69. The molecule has 1 aromatic rings. The summed E-state index contributed by atoms with van der Waals surface area (Å²) in [4.78, 5) is 50.0. The number of hydrogen-bond acceptors (Lipinski definition) is 5. The molecule has 2 atom stereocenters. The number of β-lactam (4-membered cyclic amide) rings is 1. The van der Waals surface area contributed by atoms with Crippen LogP contribution >= 0.6 is 0 Å². The van der Waals surface area contributed by atoms with Crippen molar-refractivity contribution >= 4 is 24.0 Å². The Balaban J connectivity index is 1.48. The van der Waals surface area contributed by atoms with Gasteiger partial charge in [0.05, 0.1) is 6.54 Å². The maximum absolute atomic E-state index is 12.5. The van der Waals surface area contributed by atoms with Crippen LogP contribution in [0.1, 0.15) is 24.8 Å². The first-order chi connectivity index (χ1) is 13.0. The molecule has 2 aliphatic heterocycles. The molecule has 2 heterocycles. The lowest BCUT2D eigenvalue weighted by molar-refractivity contribution is -0.146. The third kappa shape index (κ3) is 4.18. The standard InChI is InChI=1S/C18H21N3O6/c22-15-13(19-17(25)27-11-12-6-2-1-3-7-12)10-21(15)18(26)20-9-5-4-8-14(20)16(23)24/h1-3,6-7,13-14H,4-5,8-11H2,(H,19,25)(H,23,24)/t13-,14?/m0/s1. The fraction of sp³-hybridized carbons (Fsp3) is 0.444. The van der Waals surface area contributed by atoms with Crippen molar-refractivity contribution in [3.05, 3.63) is 35.9 Å². The van der Waals surface area contributed by atoms with Crippen molar-refractivity contribution in [1.29, 1.82) is 0 Å². The van der Waals surface area contributed by atoms with E-state index in [9.17, 15) is 24.3 Å². The quantitative estimate of drug-likeness (QED) is 0.764. The van der Waals surface area contributed by atoms with Gasteiger partial charge in [-0.3, -0.25) is 9.69 Å². The van der Waals surface area contributed by atoms with E-state index in [0.717, 1.165) is 16.9 Å². The van der Waals surface area contributed by atoms with Gasteiger partial charge in [-0.2, -0.15) is 0 Å². The minimum Gasteiger partial charge on any atom is -0.480 e. The van der Waals surface area contributed by atoms with Crippen LogP contribution < -0.4 is 5.32 Å². The maximum Gasteiger partial charge on any atom is 0.408 e. The van der Waals surface area contributed by atoms with Gasteiger partial charge in [0.15, 0.2) is 0 Å². The predicted octanol–water partition coefficient (Wildman–Crippen LogP) is 1.18. The topological polar surface area (TPSA) is 116 Å². The Morgan fingerprint density at radius 3 is 2.59 bits per heavy atom. The number of imide groups is 1. The second kappa shape index (κ2) is 8.07. The summed E-state index contributed by atoms with van der Waals surface area (Å²) in [6.07, 6.45) is 1.05. The number of amides is 4. The van der Waals surface area contributed by atoms with Crippen LogP contribution in [0.25, 0.3) is 0 Å². The number of nitrogens with one attached hydrogen (secondary N) is 1. The smallest absolute Gasteiger partial charge is 0.408 e. The van der Waals surface area contributed by atoms with Gasteiger partial charge in [-0.25, -0.2) is 14.4 Å². The lowest BCUT2D eigenvalue weighted by Crippen LogP contribution is -2.68. The molecule has 0 saturated carbocycles. The first-order valence-electron chi connectivity index (χ1n) is 8.79. The highest BCUT2D eigenvalue weighted by molar-refractivity contribution is 6.04. The van der Waals surface area contributed by atoms with Crippen LogP contribution in [0.15, 0.2) is 30.3 Å². The number of benzene rings is 1. The minimum atomic E-state index is -1.07. The summed E-state index contributed by atoms with van der Waals surface area (Å²) in [5, 5.41) is 11.7. The van der Waals surface area contributed by atoms with E-state index in [2.05, 4.69) is 5.32 Å².